The van der Waals surface area contributed by atoms with Crippen molar-refractivity contribution in [2.24, 2.45) is 0 Å². The summed E-state index contributed by atoms with van der Waals surface area (Å²) in [7, 11) is -0.0201. The van der Waals surface area contributed by atoms with Crippen molar-refractivity contribution < 1.29 is 9.05 Å². The minimum Gasteiger partial charge on any atom is -0.440 e. The Kier molecular flexibility index (Phi) is 4.00. The molecule has 0 aliphatic carbocycles. The van der Waals surface area contributed by atoms with E-state index in [0.717, 1.165) is 22.6 Å². The monoisotopic (exact) mass is 246 g/mol. The lowest BCUT2D eigenvalue weighted by molar-refractivity contribution is 0.511. The van der Waals surface area contributed by atoms with Gasteiger partial charge in [-0.2, -0.15) is 0 Å². The number of benzene rings is 2. The van der Waals surface area contributed by atoms with Crippen molar-refractivity contribution in [3.05, 3.63) is 59.7 Å². The van der Waals surface area contributed by atoms with E-state index in [1.165, 1.54) is 0 Å². The third kappa shape index (κ3) is 3.21. The molecule has 0 saturated carbocycles. The third-order valence-corrected chi connectivity index (χ3v) is 3.10. The average Bonchev–Trinajstić information content (AvgIpc) is 2.34. The summed E-state index contributed by atoms with van der Waals surface area (Å²) in [6.07, 6.45) is 0. The van der Waals surface area contributed by atoms with Crippen molar-refractivity contribution in [2.45, 2.75) is 13.8 Å². The van der Waals surface area contributed by atoms with Crippen LogP contribution in [0.3, 0.4) is 0 Å². The Morgan fingerprint density at radius 1 is 0.706 bits per heavy atom. The zero-order chi connectivity index (χ0) is 12.1. The summed E-state index contributed by atoms with van der Waals surface area (Å²) in [5, 5.41) is 0. The largest absolute Gasteiger partial charge is 0.440 e. The fourth-order valence-corrected chi connectivity index (χ4v) is 2.13. The van der Waals surface area contributed by atoms with Crippen molar-refractivity contribution >= 4 is 9.03 Å². The predicted molar refractivity (Wildman–Crippen MR) is 71.9 cm³/mol. The van der Waals surface area contributed by atoms with Crippen LogP contribution in [0.2, 0.25) is 0 Å². The summed E-state index contributed by atoms with van der Waals surface area (Å²) in [5.41, 5.74) is 2.24. The fraction of sp³-hybridized carbons (Fsp3) is 0.143. The maximum atomic E-state index is 5.60. The van der Waals surface area contributed by atoms with E-state index in [-0.39, 0.29) is 9.03 Å². The van der Waals surface area contributed by atoms with E-state index in [2.05, 4.69) is 0 Å². The Labute approximate surface area is 104 Å². The second-order valence-electron chi connectivity index (χ2n) is 3.82. The second kappa shape index (κ2) is 5.70. The molecular weight excluding hydrogens is 231 g/mol. The average molecular weight is 246 g/mol. The lowest BCUT2D eigenvalue weighted by Crippen LogP contribution is -1.88. The van der Waals surface area contributed by atoms with Gasteiger partial charge in [0.2, 0.25) is 0 Å². The number of aryl methyl sites for hydroxylation is 2. The maximum absolute atomic E-state index is 5.60. The lowest BCUT2D eigenvalue weighted by atomic mass is 10.2. The number of rotatable bonds is 4. The van der Waals surface area contributed by atoms with E-state index in [1.807, 2.05) is 62.4 Å². The molecule has 0 fully saturated rings. The van der Waals surface area contributed by atoms with Crippen LogP contribution in [0.15, 0.2) is 48.5 Å². The summed E-state index contributed by atoms with van der Waals surface area (Å²) >= 11 is 0. The Hall–Kier alpha value is -1.53. The first-order valence-corrected chi connectivity index (χ1v) is 6.29. The molecule has 17 heavy (non-hydrogen) atoms. The van der Waals surface area contributed by atoms with Crippen LogP contribution in [-0.4, -0.2) is 0 Å². The quantitative estimate of drug-likeness (QED) is 0.750. The predicted octanol–water partition coefficient (Wildman–Crippen LogP) is 4.27. The zero-order valence-corrected chi connectivity index (χ0v) is 10.9. The van der Waals surface area contributed by atoms with Crippen LogP contribution in [0.4, 0.5) is 0 Å². The summed E-state index contributed by atoms with van der Waals surface area (Å²) in [6.45, 7) is 4.04. The first-order valence-electron chi connectivity index (χ1n) is 5.47. The van der Waals surface area contributed by atoms with Gasteiger partial charge in [0.15, 0.2) is 0 Å². The lowest BCUT2D eigenvalue weighted by Gasteiger charge is -2.10. The minimum atomic E-state index is -0.0201. The van der Waals surface area contributed by atoms with Crippen molar-refractivity contribution in [3.8, 4) is 11.5 Å². The number of para-hydroxylation sites is 2. The number of hydrogen-bond acceptors (Lipinski definition) is 2. The normalized spacial score (nSPS) is 10.0. The second-order valence-corrected chi connectivity index (χ2v) is 4.39. The molecular formula is C14H15O2P. The number of hydrogen-bond donors (Lipinski definition) is 0. The van der Waals surface area contributed by atoms with Gasteiger partial charge in [0.05, 0.1) is 0 Å². The van der Waals surface area contributed by atoms with Gasteiger partial charge < -0.3 is 9.05 Å². The molecule has 0 aromatic heterocycles. The van der Waals surface area contributed by atoms with Crippen molar-refractivity contribution in [1.29, 1.82) is 0 Å². The van der Waals surface area contributed by atoms with E-state index in [0.29, 0.717) is 0 Å². The molecule has 0 heterocycles. The van der Waals surface area contributed by atoms with Gasteiger partial charge in [-0.1, -0.05) is 36.4 Å². The minimum absolute atomic E-state index is 0.0201. The van der Waals surface area contributed by atoms with Crippen molar-refractivity contribution in [3.63, 3.8) is 0 Å². The fourth-order valence-electron chi connectivity index (χ4n) is 1.45. The molecule has 88 valence electrons. The summed E-state index contributed by atoms with van der Waals surface area (Å²) in [5.74, 6) is 1.75. The van der Waals surface area contributed by atoms with Crippen LogP contribution in [0.5, 0.6) is 11.5 Å². The van der Waals surface area contributed by atoms with E-state index >= 15 is 0 Å². The Morgan fingerprint density at radius 3 is 1.53 bits per heavy atom. The summed E-state index contributed by atoms with van der Waals surface area (Å²) in [6, 6.07) is 15.8. The first-order chi connectivity index (χ1) is 8.27. The maximum Gasteiger partial charge on any atom is 0.275 e. The Morgan fingerprint density at radius 2 is 1.12 bits per heavy atom. The highest BCUT2D eigenvalue weighted by molar-refractivity contribution is 7.27. The van der Waals surface area contributed by atoms with E-state index < -0.39 is 0 Å². The van der Waals surface area contributed by atoms with Crippen molar-refractivity contribution in [1.82, 2.24) is 0 Å². The molecule has 2 aromatic rings. The molecule has 0 N–H and O–H groups in total. The van der Waals surface area contributed by atoms with Crippen molar-refractivity contribution in [2.75, 3.05) is 0 Å². The topological polar surface area (TPSA) is 18.5 Å². The van der Waals surface area contributed by atoms with Gasteiger partial charge in [-0.05, 0) is 37.1 Å². The van der Waals surface area contributed by atoms with Crippen LogP contribution in [0.1, 0.15) is 11.1 Å². The van der Waals surface area contributed by atoms with Gasteiger partial charge in [0.1, 0.15) is 11.5 Å². The van der Waals surface area contributed by atoms with E-state index in [1.54, 1.807) is 0 Å². The molecule has 2 rings (SSSR count). The summed E-state index contributed by atoms with van der Waals surface area (Å²) in [4.78, 5) is 0. The molecule has 0 spiro atoms. The standard InChI is InChI=1S/C14H15O2P/c1-11-7-3-5-9-13(11)15-17-16-14-10-6-4-8-12(14)2/h3-10,17H,1-2H3. The molecule has 0 bridgehead atoms. The first kappa shape index (κ1) is 11.9. The SMILES string of the molecule is Cc1ccccc1OPOc1ccccc1C. The molecule has 0 amide bonds. The molecule has 0 saturated heterocycles. The smallest absolute Gasteiger partial charge is 0.275 e. The molecule has 0 unspecified atom stereocenters. The highest BCUT2D eigenvalue weighted by atomic mass is 31.1. The molecule has 0 radical (unpaired) electrons. The van der Waals surface area contributed by atoms with Gasteiger partial charge in [-0.3, -0.25) is 0 Å². The third-order valence-electron chi connectivity index (χ3n) is 2.49. The zero-order valence-electron chi connectivity index (χ0n) is 9.94. The molecule has 0 aliphatic heterocycles. The van der Waals surface area contributed by atoms with Crippen LogP contribution < -0.4 is 9.05 Å². The molecule has 3 heteroatoms. The van der Waals surface area contributed by atoms with Crippen LogP contribution in [-0.2, 0) is 0 Å². The van der Waals surface area contributed by atoms with Gasteiger partial charge >= 0.3 is 0 Å². The summed E-state index contributed by atoms with van der Waals surface area (Å²) < 4.78 is 11.2. The van der Waals surface area contributed by atoms with Crippen LogP contribution in [0, 0.1) is 13.8 Å². The Bertz CT molecular complexity index is 452. The Balaban J connectivity index is 1.93. The van der Waals surface area contributed by atoms with Gasteiger partial charge in [0, 0.05) is 0 Å². The van der Waals surface area contributed by atoms with E-state index in [9.17, 15) is 0 Å². The van der Waals surface area contributed by atoms with E-state index in [4.69, 9.17) is 9.05 Å². The van der Waals surface area contributed by atoms with Gasteiger partial charge in [0.25, 0.3) is 9.03 Å². The molecule has 0 aliphatic rings. The highest BCUT2D eigenvalue weighted by Crippen LogP contribution is 2.28. The molecule has 2 aromatic carbocycles. The van der Waals surface area contributed by atoms with Crippen LogP contribution >= 0.6 is 9.03 Å². The van der Waals surface area contributed by atoms with Gasteiger partial charge in [-0.15, -0.1) is 0 Å². The highest BCUT2D eigenvalue weighted by Gasteiger charge is 2.00. The molecule has 0 atom stereocenters. The van der Waals surface area contributed by atoms with Crippen LogP contribution in [0.25, 0.3) is 0 Å². The van der Waals surface area contributed by atoms with Gasteiger partial charge in [-0.25, -0.2) is 0 Å². The molecule has 2 nitrogen and oxygen atoms in total.